The van der Waals surface area contributed by atoms with Gasteiger partial charge in [-0.05, 0) is 31.2 Å². The van der Waals surface area contributed by atoms with Gasteiger partial charge in [0.2, 0.25) is 0 Å². The predicted molar refractivity (Wildman–Crippen MR) is 71.4 cm³/mol. The van der Waals surface area contributed by atoms with Crippen molar-refractivity contribution in [1.82, 2.24) is 9.55 Å². The Balaban J connectivity index is 2.32. The van der Waals surface area contributed by atoms with E-state index in [4.69, 9.17) is 5.73 Å². The Hall–Kier alpha value is -2.30. The van der Waals surface area contributed by atoms with Crippen LogP contribution < -0.4 is 10.6 Å². The molecule has 0 fully saturated rings. The van der Waals surface area contributed by atoms with Crippen LogP contribution in [0.1, 0.15) is 17.4 Å². The molecule has 0 saturated carbocycles. The van der Waals surface area contributed by atoms with E-state index in [1.807, 2.05) is 19.1 Å². The molecule has 0 bridgehead atoms. The zero-order valence-corrected chi connectivity index (χ0v) is 10.5. The van der Waals surface area contributed by atoms with Gasteiger partial charge in [0, 0.05) is 25.0 Å². The van der Waals surface area contributed by atoms with Crippen LogP contribution in [-0.2, 0) is 7.05 Å². The Morgan fingerprint density at radius 3 is 2.56 bits per heavy atom. The van der Waals surface area contributed by atoms with Crippen LogP contribution in [0.25, 0.3) is 0 Å². The van der Waals surface area contributed by atoms with Crippen LogP contribution in [0.5, 0.6) is 0 Å². The number of carbonyl (C=O) groups excluding carboxylic acids is 1. The molecule has 0 spiro atoms. The number of carbonyl (C=O) groups is 1. The van der Waals surface area contributed by atoms with E-state index in [0.29, 0.717) is 17.9 Å². The van der Waals surface area contributed by atoms with Crippen LogP contribution in [-0.4, -0.2) is 22.0 Å². The summed E-state index contributed by atoms with van der Waals surface area (Å²) >= 11 is 0. The summed E-state index contributed by atoms with van der Waals surface area (Å²) in [6.45, 7) is 2.53. The number of aryl methyl sites for hydroxylation is 1. The first kappa shape index (κ1) is 12.2. The maximum absolute atomic E-state index is 12.4. The molecule has 5 nitrogen and oxygen atoms in total. The van der Waals surface area contributed by atoms with Crippen molar-refractivity contribution in [3.63, 3.8) is 0 Å². The fraction of sp³-hybridized carbons (Fsp3) is 0.231. The third kappa shape index (κ3) is 2.20. The highest BCUT2D eigenvalue weighted by molar-refractivity contribution is 6.04. The predicted octanol–water partition coefficient (Wildman–Crippen LogP) is 1.67. The number of amides is 1. The molecule has 5 heteroatoms. The van der Waals surface area contributed by atoms with E-state index in [1.54, 1.807) is 41.2 Å². The summed E-state index contributed by atoms with van der Waals surface area (Å²) in [5, 5.41) is 0. The number of hydrogen-bond acceptors (Lipinski definition) is 3. The Bertz CT molecular complexity index is 544. The van der Waals surface area contributed by atoms with E-state index in [1.165, 1.54) is 0 Å². The highest BCUT2D eigenvalue weighted by atomic mass is 16.2. The number of nitrogen functional groups attached to an aromatic ring is 1. The Labute approximate surface area is 106 Å². The van der Waals surface area contributed by atoms with Crippen molar-refractivity contribution in [2.75, 3.05) is 17.2 Å². The molecular weight excluding hydrogens is 228 g/mol. The average Bonchev–Trinajstić information content (AvgIpc) is 2.78. The molecule has 0 saturated heterocycles. The minimum Gasteiger partial charge on any atom is -0.399 e. The highest BCUT2D eigenvalue weighted by Crippen LogP contribution is 2.18. The van der Waals surface area contributed by atoms with E-state index >= 15 is 0 Å². The van der Waals surface area contributed by atoms with Crippen molar-refractivity contribution in [2.24, 2.45) is 7.05 Å². The molecule has 2 rings (SSSR count). The van der Waals surface area contributed by atoms with Crippen LogP contribution >= 0.6 is 0 Å². The number of aromatic nitrogens is 2. The van der Waals surface area contributed by atoms with Crippen LogP contribution in [0, 0.1) is 0 Å². The molecule has 0 aliphatic heterocycles. The first-order valence-corrected chi connectivity index (χ1v) is 5.77. The second-order valence-corrected chi connectivity index (χ2v) is 4.03. The topological polar surface area (TPSA) is 64.2 Å². The summed E-state index contributed by atoms with van der Waals surface area (Å²) in [6.07, 6.45) is 3.19. The van der Waals surface area contributed by atoms with Crippen LogP contribution in [0.2, 0.25) is 0 Å². The summed E-state index contributed by atoms with van der Waals surface area (Å²) in [5.74, 6) is -0.0673. The first-order chi connectivity index (χ1) is 8.63. The van der Waals surface area contributed by atoms with Gasteiger partial charge in [-0.2, -0.15) is 0 Å². The minimum atomic E-state index is -0.0673. The minimum absolute atomic E-state index is 0.0673. The van der Waals surface area contributed by atoms with Gasteiger partial charge in [0.05, 0.1) is 12.5 Å². The number of anilines is 2. The lowest BCUT2D eigenvalue weighted by Gasteiger charge is -2.21. The molecule has 0 aliphatic rings. The molecule has 2 aromatic rings. The molecule has 2 N–H and O–H groups in total. The maximum atomic E-state index is 12.4. The summed E-state index contributed by atoms with van der Waals surface area (Å²) < 4.78 is 1.71. The Kier molecular flexibility index (Phi) is 3.32. The third-order valence-corrected chi connectivity index (χ3v) is 2.80. The van der Waals surface area contributed by atoms with Gasteiger partial charge in [0.1, 0.15) is 5.69 Å². The monoisotopic (exact) mass is 244 g/mol. The number of nitrogens with zero attached hydrogens (tertiary/aromatic N) is 3. The van der Waals surface area contributed by atoms with Gasteiger partial charge >= 0.3 is 0 Å². The van der Waals surface area contributed by atoms with E-state index < -0.39 is 0 Å². The zero-order chi connectivity index (χ0) is 13.1. The summed E-state index contributed by atoms with van der Waals surface area (Å²) in [4.78, 5) is 18.0. The van der Waals surface area contributed by atoms with Gasteiger partial charge in [-0.25, -0.2) is 4.98 Å². The second kappa shape index (κ2) is 4.91. The van der Waals surface area contributed by atoms with Crippen molar-refractivity contribution in [3.05, 3.63) is 42.5 Å². The molecule has 1 amide bonds. The third-order valence-electron chi connectivity index (χ3n) is 2.80. The highest BCUT2D eigenvalue weighted by Gasteiger charge is 2.18. The molecule has 1 aromatic heterocycles. The first-order valence-electron chi connectivity index (χ1n) is 5.77. The van der Waals surface area contributed by atoms with Crippen molar-refractivity contribution in [2.45, 2.75) is 6.92 Å². The molecule has 1 aromatic carbocycles. The van der Waals surface area contributed by atoms with Crippen LogP contribution in [0.15, 0.2) is 36.8 Å². The molecule has 18 heavy (non-hydrogen) atoms. The van der Waals surface area contributed by atoms with Crippen molar-refractivity contribution in [3.8, 4) is 0 Å². The molecule has 0 unspecified atom stereocenters. The van der Waals surface area contributed by atoms with Crippen molar-refractivity contribution >= 4 is 17.3 Å². The molecule has 1 heterocycles. The van der Waals surface area contributed by atoms with Crippen LogP contribution in [0.3, 0.4) is 0 Å². The molecule has 0 atom stereocenters. The zero-order valence-electron chi connectivity index (χ0n) is 10.5. The lowest BCUT2D eigenvalue weighted by Crippen LogP contribution is -2.31. The average molecular weight is 244 g/mol. The van der Waals surface area contributed by atoms with Gasteiger partial charge in [-0.15, -0.1) is 0 Å². The standard InChI is InChI=1S/C13H16N4O/c1-3-17(11-6-4-10(14)5-7-11)13(18)12-8-15-9-16(12)2/h4-9H,3,14H2,1-2H3. The fourth-order valence-corrected chi connectivity index (χ4v) is 1.80. The van der Waals surface area contributed by atoms with Gasteiger partial charge < -0.3 is 15.2 Å². The summed E-state index contributed by atoms with van der Waals surface area (Å²) in [6, 6.07) is 7.25. The molecule has 0 aliphatic carbocycles. The summed E-state index contributed by atoms with van der Waals surface area (Å²) in [5.41, 5.74) is 7.72. The molecule has 0 radical (unpaired) electrons. The van der Waals surface area contributed by atoms with Gasteiger partial charge in [0.15, 0.2) is 0 Å². The second-order valence-electron chi connectivity index (χ2n) is 4.03. The largest absolute Gasteiger partial charge is 0.399 e. The quantitative estimate of drug-likeness (QED) is 0.835. The fourth-order valence-electron chi connectivity index (χ4n) is 1.80. The van der Waals surface area contributed by atoms with Gasteiger partial charge in [0.25, 0.3) is 5.91 Å². The Morgan fingerprint density at radius 1 is 1.39 bits per heavy atom. The van der Waals surface area contributed by atoms with Gasteiger partial charge in [-0.3, -0.25) is 4.79 Å². The van der Waals surface area contributed by atoms with E-state index in [-0.39, 0.29) is 5.91 Å². The van der Waals surface area contributed by atoms with Crippen LogP contribution in [0.4, 0.5) is 11.4 Å². The number of benzene rings is 1. The smallest absolute Gasteiger partial charge is 0.276 e. The number of hydrogen-bond donors (Lipinski definition) is 1. The van der Waals surface area contributed by atoms with Gasteiger partial charge in [-0.1, -0.05) is 0 Å². The SMILES string of the molecule is CCN(C(=O)c1cncn1C)c1ccc(N)cc1. The maximum Gasteiger partial charge on any atom is 0.276 e. The van der Waals surface area contributed by atoms with Crippen molar-refractivity contribution < 1.29 is 4.79 Å². The number of nitrogens with two attached hydrogens (primary N) is 1. The van der Waals surface area contributed by atoms with Crippen molar-refractivity contribution in [1.29, 1.82) is 0 Å². The molecule has 94 valence electrons. The Morgan fingerprint density at radius 2 is 2.06 bits per heavy atom. The lowest BCUT2D eigenvalue weighted by molar-refractivity contribution is 0.0980. The van der Waals surface area contributed by atoms with E-state index in [9.17, 15) is 4.79 Å². The van der Waals surface area contributed by atoms with E-state index in [2.05, 4.69) is 4.98 Å². The van der Waals surface area contributed by atoms with E-state index in [0.717, 1.165) is 5.69 Å². The number of rotatable bonds is 3. The normalized spacial score (nSPS) is 10.3. The number of imidazole rings is 1. The lowest BCUT2D eigenvalue weighted by atomic mass is 10.2. The summed E-state index contributed by atoms with van der Waals surface area (Å²) in [7, 11) is 1.80. The molecular formula is C13H16N4O.